The normalized spacial score (nSPS) is 13.8. The first-order valence-corrected chi connectivity index (χ1v) is 5.98. The summed E-state index contributed by atoms with van der Waals surface area (Å²) in [7, 11) is 1.84. The van der Waals surface area contributed by atoms with E-state index in [-0.39, 0.29) is 16.6 Å². The lowest BCUT2D eigenvalue weighted by Crippen LogP contribution is -2.32. The minimum Gasteiger partial charge on any atom is -0.317 e. The predicted octanol–water partition coefficient (Wildman–Crippen LogP) is 3.89. The van der Waals surface area contributed by atoms with Crippen LogP contribution in [0, 0.1) is 11.6 Å². The zero-order valence-electron chi connectivity index (χ0n) is 10.6. The van der Waals surface area contributed by atoms with Crippen LogP contribution in [0.5, 0.6) is 0 Å². The average Bonchev–Trinajstić information content (AvgIpc) is 2.23. The second kappa shape index (κ2) is 5.32. The molecule has 0 amide bonds. The van der Waals surface area contributed by atoms with Gasteiger partial charge in [-0.1, -0.05) is 25.4 Å². The number of nitrogens with one attached hydrogen (secondary N) is 1. The third-order valence-electron chi connectivity index (χ3n) is 3.03. The number of halogens is 3. The van der Waals surface area contributed by atoms with Crippen LogP contribution >= 0.6 is 11.6 Å². The van der Waals surface area contributed by atoms with Crippen molar-refractivity contribution in [1.29, 1.82) is 0 Å². The van der Waals surface area contributed by atoms with E-state index in [0.717, 1.165) is 6.07 Å². The Balaban J connectivity index is 3.18. The van der Waals surface area contributed by atoms with Gasteiger partial charge >= 0.3 is 0 Å². The smallest absolute Gasteiger partial charge is 0.164 e. The quantitative estimate of drug-likeness (QED) is 0.811. The van der Waals surface area contributed by atoms with Gasteiger partial charge in [-0.2, -0.15) is 0 Å². The number of hydrogen-bond donors (Lipinski definition) is 1. The third kappa shape index (κ3) is 3.17. The molecule has 0 radical (unpaired) electrons. The second-order valence-electron chi connectivity index (χ2n) is 5.00. The summed E-state index contributed by atoms with van der Waals surface area (Å²) in [5, 5.41) is 3.36. The SMILES string of the molecule is CNC(C)CC(C)(C)c1c(Cl)ccc(F)c1F. The van der Waals surface area contributed by atoms with Crippen molar-refractivity contribution in [3.05, 3.63) is 34.4 Å². The van der Waals surface area contributed by atoms with Crippen molar-refractivity contribution in [3.8, 4) is 0 Å². The van der Waals surface area contributed by atoms with E-state index in [4.69, 9.17) is 11.6 Å². The number of benzene rings is 1. The molecule has 0 heterocycles. The monoisotopic (exact) mass is 261 g/mol. The molecule has 0 fully saturated rings. The maximum absolute atomic E-state index is 13.8. The molecule has 0 bridgehead atoms. The molecule has 0 aromatic heterocycles. The van der Waals surface area contributed by atoms with Crippen molar-refractivity contribution in [1.82, 2.24) is 5.32 Å². The fourth-order valence-electron chi connectivity index (χ4n) is 2.12. The van der Waals surface area contributed by atoms with E-state index in [1.807, 2.05) is 27.8 Å². The van der Waals surface area contributed by atoms with E-state index in [2.05, 4.69) is 5.32 Å². The molecule has 96 valence electrons. The van der Waals surface area contributed by atoms with Crippen LogP contribution in [0.25, 0.3) is 0 Å². The number of hydrogen-bond acceptors (Lipinski definition) is 1. The van der Waals surface area contributed by atoms with Gasteiger partial charge in [0.25, 0.3) is 0 Å². The summed E-state index contributed by atoms with van der Waals surface area (Å²) in [6, 6.07) is 2.66. The van der Waals surface area contributed by atoms with E-state index in [1.165, 1.54) is 6.07 Å². The van der Waals surface area contributed by atoms with E-state index < -0.39 is 17.0 Å². The lowest BCUT2D eigenvalue weighted by Gasteiger charge is -2.29. The average molecular weight is 262 g/mol. The van der Waals surface area contributed by atoms with E-state index in [9.17, 15) is 8.78 Å². The van der Waals surface area contributed by atoms with Crippen molar-refractivity contribution in [2.24, 2.45) is 0 Å². The molecule has 4 heteroatoms. The Kier molecular flexibility index (Phi) is 4.50. The molecular weight excluding hydrogens is 244 g/mol. The highest BCUT2D eigenvalue weighted by Crippen LogP contribution is 2.36. The molecule has 1 aromatic rings. The van der Waals surface area contributed by atoms with Gasteiger partial charge in [0, 0.05) is 16.6 Å². The van der Waals surface area contributed by atoms with Crippen molar-refractivity contribution in [2.45, 2.75) is 38.6 Å². The van der Waals surface area contributed by atoms with Crippen molar-refractivity contribution >= 4 is 11.6 Å². The van der Waals surface area contributed by atoms with E-state index in [1.54, 1.807) is 0 Å². The lowest BCUT2D eigenvalue weighted by molar-refractivity contribution is 0.381. The largest absolute Gasteiger partial charge is 0.317 e. The summed E-state index contributed by atoms with van der Waals surface area (Å²) in [6.45, 7) is 5.72. The Morgan fingerprint density at radius 2 is 1.94 bits per heavy atom. The summed E-state index contributed by atoms with van der Waals surface area (Å²) in [6.07, 6.45) is 0.670. The van der Waals surface area contributed by atoms with Gasteiger partial charge in [0.1, 0.15) is 0 Å². The molecule has 17 heavy (non-hydrogen) atoms. The molecule has 0 saturated heterocycles. The van der Waals surface area contributed by atoms with Gasteiger partial charge in [-0.05, 0) is 37.9 Å². The maximum atomic E-state index is 13.8. The second-order valence-corrected chi connectivity index (χ2v) is 5.40. The van der Waals surface area contributed by atoms with Crippen LogP contribution in [0.2, 0.25) is 5.02 Å². The molecule has 0 aliphatic rings. The standard InChI is InChI=1S/C13H18ClF2N/c1-8(17-4)7-13(2,3)11-9(14)5-6-10(15)12(11)16/h5-6,8,17H,7H2,1-4H3. The number of rotatable bonds is 4. The molecular formula is C13H18ClF2N. The van der Waals surface area contributed by atoms with Crippen LogP contribution in [0.1, 0.15) is 32.8 Å². The molecule has 1 nitrogen and oxygen atoms in total. The fraction of sp³-hybridized carbons (Fsp3) is 0.538. The van der Waals surface area contributed by atoms with Crippen LogP contribution < -0.4 is 5.32 Å². The van der Waals surface area contributed by atoms with Gasteiger partial charge < -0.3 is 5.32 Å². The fourth-order valence-corrected chi connectivity index (χ4v) is 2.52. The molecule has 0 aliphatic heterocycles. The predicted molar refractivity (Wildman–Crippen MR) is 67.5 cm³/mol. The first-order valence-electron chi connectivity index (χ1n) is 5.61. The Hall–Kier alpha value is -0.670. The first kappa shape index (κ1) is 14.4. The summed E-state index contributed by atoms with van der Waals surface area (Å²) in [4.78, 5) is 0. The van der Waals surface area contributed by atoms with Crippen LogP contribution in [0.4, 0.5) is 8.78 Å². The van der Waals surface area contributed by atoms with Crippen molar-refractivity contribution < 1.29 is 8.78 Å². The van der Waals surface area contributed by atoms with Gasteiger partial charge in [-0.25, -0.2) is 8.78 Å². The van der Waals surface area contributed by atoms with Crippen LogP contribution in [-0.4, -0.2) is 13.1 Å². The van der Waals surface area contributed by atoms with Crippen LogP contribution in [0.3, 0.4) is 0 Å². The van der Waals surface area contributed by atoms with Crippen LogP contribution in [0.15, 0.2) is 12.1 Å². The molecule has 0 spiro atoms. The zero-order chi connectivity index (χ0) is 13.2. The van der Waals surface area contributed by atoms with Crippen molar-refractivity contribution in [2.75, 3.05) is 7.05 Å². The van der Waals surface area contributed by atoms with E-state index in [0.29, 0.717) is 6.42 Å². The Morgan fingerprint density at radius 1 is 1.35 bits per heavy atom. The highest BCUT2D eigenvalue weighted by molar-refractivity contribution is 6.31. The molecule has 0 saturated carbocycles. The zero-order valence-corrected chi connectivity index (χ0v) is 11.3. The Bertz CT molecular complexity index is 405. The first-order chi connectivity index (χ1) is 7.79. The molecule has 0 aliphatic carbocycles. The summed E-state index contributed by atoms with van der Waals surface area (Å²) >= 11 is 5.99. The van der Waals surface area contributed by atoms with Gasteiger partial charge in [0.15, 0.2) is 11.6 Å². The summed E-state index contributed by atoms with van der Waals surface area (Å²) < 4.78 is 27.1. The van der Waals surface area contributed by atoms with Crippen LogP contribution in [-0.2, 0) is 5.41 Å². The third-order valence-corrected chi connectivity index (χ3v) is 3.35. The van der Waals surface area contributed by atoms with Gasteiger partial charge in [0.2, 0.25) is 0 Å². The molecule has 1 aromatic carbocycles. The maximum Gasteiger partial charge on any atom is 0.164 e. The minimum atomic E-state index is -0.852. The Morgan fingerprint density at radius 3 is 2.47 bits per heavy atom. The van der Waals surface area contributed by atoms with Gasteiger partial charge in [0.05, 0.1) is 0 Å². The molecule has 1 rings (SSSR count). The van der Waals surface area contributed by atoms with E-state index >= 15 is 0 Å². The molecule has 1 unspecified atom stereocenters. The highest BCUT2D eigenvalue weighted by Gasteiger charge is 2.30. The summed E-state index contributed by atoms with van der Waals surface area (Å²) in [5.74, 6) is -1.69. The van der Waals surface area contributed by atoms with Crippen molar-refractivity contribution in [3.63, 3.8) is 0 Å². The Labute approximate surface area is 106 Å². The topological polar surface area (TPSA) is 12.0 Å². The highest BCUT2D eigenvalue weighted by atomic mass is 35.5. The summed E-state index contributed by atoms with van der Waals surface area (Å²) in [5.41, 5.74) is -0.271. The minimum absolute atomic E-state index is 0.198. The molecule has 1 atom stereocenters. The van der Waals surface area contributed by atoms with Gasteiger partial charge in [-0.15, -0.1) is 0 Å². The molecule has 1 N–H and O–H groups in total. The lowest BCUT2D eigenvalue weighted by atomic mass is 9.79. The van der Waals surface area contributed by atoms with Gasteiger partial charge in [-0.3, -0.25) is 0 Å².